The number of anilines is 1. The lowest BCUT2D eigenvalue weighted by atomic mass is 10.0. The fourth-order valence-corrected chi connectivity index (χ4v) is 2.50. The van der Waals surface area contributed by atoms with Gasteiger partial charge in [-0.2, -0.15) is 0 Å². The Kier molecular flexibility index (Phi) is 7.82. The van der Waals surface area contributed by atoms with Crippen LogP contribution in [0.25, 0.3) is 0 Å². The van der Waals surface area contributed by atoms with E-state index in [0.29, 0.717) is 0 Å². The first-order valence-corrected chi connectivity index (χ1v) is 9.01. The highest BCUT2D eigenvalue weighted by molar-refractivity contribution is 5.93. The summed E-state index contributed by atoms with van der Waals surface area (Å²) in [4.78, 5) is 36.4. The lowest BCUT2D eigenvalue weighted by molar-refractivity contribution is -0.151. The molecule has 0 aromatic heterocycles. The van der Waals surface area contributed by atoms with Crippen LogP contribution >= 0.6 is 0 Å². The van der Waals surface area contributed by atoms with E-state index in [0.717, 1.165) is 17.7 Å². The zero-order chi connectivity index (χ0) is 21.4. The van der Waals surface area contributed by atoms with Gasteiger partial charge in [-0.15, -0.1) is 0 Å². The van der Waals surface area contributed by atoms with E-state index < -0.39 is 36.2 Å². The van der Waals surface area contributed by atoms with Crippen molar-refractivity contribution < 1.29 is 27.9 Å². The number of benzene rings is 2. The molecule has 0 radical (unpaired) electrons. The molecule has 0 unspecified atom stereocenters. The predicted octanol–water partition coefficient (Wildman–Crippen LogP) is 2.83. The van der Waals surface area contributed by atoms with E-state index in [-0.39, 0.29) is 23.9 Å². The van der Waals surface area contributed by atoms with Gasteiger partial charge in [0.15, 0.2) is 18.2 Å². The Labute approximate surface area is 167 Å². The van der Waals surface area contributed by atoms with Crippen molar-refractivity contribution in [1.82, 2.24) is 5.32 Å². The second kappa shape index (κ2) is 10.3. The number of esters is 1. The molecule has 154 valence electrons. The maximum atomic E-state index is 13.2. The van der Waals surface area contributed by atoms with Gasteiger partial charge in [0.1, 0.15) is 6.04 Å². The molecular formula is C21H22F2N2O4. The average Bonchev–Trinajstić information content (AvgIpc) is 2.67. The summed E-state index contributed by atoms with van der Waals surface area (Å²) in [6.45, 7) is 2.84. The summed E-state index contributed by atoms with van der Waals surface area (Å²) in [7, 11) is 0. The van der Waals surface area contributed by atoms with Crippen LogP contribution in [0.1, 0.15) is 19.4 Å². The average molecular weight is 404 g/mol. The molecule has 2 aromatic rings. The topological polar surface area (TPSA) is 84.5 Å². The van der Waals surface area contributed by atoms with Crippen LogP contribution in [-0.2, 0) is 25.5 Å². The van der Waals surface area contributed by atoms with Gasteiger partial charge < -0.3 is 15.4 Å². The molecular weight excluding hydrogens is 382 g/mol. The number of rotatable bonds is 8. The lowest BCUT2D eigenvalue weighted by Gasteiger charge is -2.20. The Balaban J connectivity index is 1.87. The SMILES string of the molecule is CC(C)[C@H](NC(=O)Cc1ccccc1)C(=O)OCC(=O)Nc1ccc(F)c(F)c1. The van der Waals surface area contributed by atoms with Crippen molar-refractivity contribution in [1.29, 1.82) is 0 Å². The van der Waals surface area contributed by atoms with Crippen molar-refractivity contribution in [2.75, 3.05) is 11.9 Å². The zero-order valence-electron chi connectivity index (χ0n) is 16.1. The number of hydrogen-bond donors (Lipinski definition) is 2. The van der Waals surface area contributed by atoms with Crippen LogP contribution in [0.2, 0.25) is 0 Å². The molecule has 0 fully saturated rings. The molecule has 6 nitrogen and oxygen atoms in total. The second-order valence-electron chi connectivity index (χ2n) is 6.74. The van der Waals surface area contributed by atoms with Crippen LogP contribution in [0.5, 0.6) is 0 Å². The highest BCUT2D eigenvalue weighted by Gasteiger charge is 2.26. The Morgan fingerprint density at radius 2 is 1.66 bits per heavy atom. The summed E-state index contributed by atoms with van der Waals surface area (Å²) in [5, 5.41) is 4.91. The molecule has 0 heterocycles. The summed E-state index contributed by atoms with van der Waals surface area (Å²) in [5.74, 6) is -4.25. The third-order valence-electron chi connectivity index (χ3n) is 3.99. The molecule has 29 heavy (non-hydrogen) atoms. The molecule has 2 amide bonds. The van der Waals surface area contributed by atoms with Gasteiger partial charge in [-0.05, 0) is 23.6 Å². The van der Waals surface area contributed by atoms with Crippen LogP contribution < -0.4 is 10.6 Å². The highest BCUT2D eigenvalue weighted by Crippen LogP contribution is 2.13. The van der Waals surface area contributed by atoms with E-state index in [1.807, 2.05) is 18.2 Å². The van der Waals surface area contributed by atoms with Crippen molar-refractivity contribution in [3.8, 4) is 0 Å². The molecule has 0 saturated heterocycles. The minimum Gasteiger partial charge on any atom is -0.454 e. The standard InChI is InChI=1S/C21H22F2N2O4/c1-13(2)20(25-18(26)10-14-6-4-3-5-7-14)21(28)29-12-19(27)24-15-8-9-16(22)17(23)11-15/h3-9,11,13,20H,10,12H2,1-2H3,(H,24,27)(H,25,26)/t20-/m0/s1. The molecule has 0 aliphatic carbocycles. The molecule has 0 bridgehead atoms. The molecule has 2 rings (SSSR count). The first-order chi connectivity index (χ1) is 13.8. The van der Waals surface area contributed by atoms with E-state index in [4.69, 9.17) is 4.74 Å². The Morgan fingerprint density at radius 1 is 0.966 bits per heavy atom. The quantitative estimate of drug-likeness (QED) is 0.663. The van der Waals surface area contributed by atoms with Crippen molar-refractivity contribution in [2.24, 2.45) is 5.92 Å². The molecule has 2 aromatic carbocycles. The van der Waals surface area contributed by atoms with Gasteiger partial charge in [0.25, 0.3) is 5.91 Å². The van der Waals surface area contributed by atoms with Crippen molar-refractivity contribution in [2.45, 2.75) is 26.3 Å². The highest BCUT2D eigenvalue weighted by atomic mass is 19.2. The number of carbonyl (C=O) groups excluding carboxylic acids is 3. The predicted molar refractivity (Wildman–Crippen MR) is 103 cm³/mol. The molecule has 0 aliphatic heterocycles. The smallest absolute Gasteiger partial charge is 0.329 e. The largest absolute Gasteiger partial charge is 0.454 e. The minimum absolute atomic E-state index is 0.0292. The summed E-state index contributed by atoms with van der Waals surface area (Å²) in [6.07, 6.45) is 0.105. The van der Waals surface area contributed by atoms with Crippen LogP contribution in [0, 0.1) is 17.6 Å². The van der Waals surface area contributed by atoms with Crippen molar-refractivity contribution >= 4 is 23.5 Å². The molecule has 0 spiro atoms. The monoisotopic (exact) mass is 404 g/mol. The van der Waals surface area contributed by atoms with E-state index >= 15 is 0 Å². The van der Waals surface area contributed by atoms with Crippen molar-refractivity contribution in [3.05, 3.63) is 65.7 Å². The third kappa shape index (κ3) is 6.99. The van der Waals surface area contributed by atoms with E-state index in [1.165, 1.54) is 6.07 Å². The Hall–Kier alpha value is -3.29. The maximum absolute atomic E-state index is 13.2. The molecule has 8 heteroatoms. The molecule has 0 saturated carbocycles. The molecule has 2 N–H and O–H groups in total. The number of nitrogens with one attached hydrogen (secondary N) is 2. The molecule has 0 aliphatic rings. The summed E-state index contributed by atoms with van der Waals surface area (Å²) >= 11 is 0. The van der Waals surface area contributed by atoms with Crippen LogP contribution in [0.4, 0.5) is 14.5 Å². The van der Waals surface area contributed by atoms with Crippen LogP contribution in [0.3, 0.4) is 0 Å². The summed E-state index contributed by atoms with van der Waals surface area (Å²) in [5.41, 5.74) is 0.827. The summed E-state index contributed by atoms with van der Waals surface area (Å²) < 4.78 is 31.0. The van der Waals surface area contributed by atoms with Gasteiger partial charge in [0, 0.05) is 11.8 Å². The van der Waals surface area contributed by atoms with Crippen LogP contribution in [-0.4, -0.2) is 30.4 Å². The molecule has 1 atom stereocenters. The van der Waals surface area contributed by atoms with E-state index in [1.54, 1.807) is 26.0 Å². The van der Waals surface area contributed by atoms with Gasteiger partial charge in [0.05, 0.1) is 6.42 Å². The lowest BCUT2D eigenvalue weighted by Crippen LogP contribution is -2.46. The first-order valence-electron chi connectivity index (χ1n) is 9.01. The minimum atomic E-state index is -1.11. The fraction of sp³-hybridized carbons (Fsp3) is 0.286. The number of hydrogen-bond acceptors (Lipinski definition) is 4. The first kappa shape index (κ1) is 22.0. The maximum Gasteiger partial charge on any atom is 0.329 e. The number of ether oxygens (including phenoxy) is 1. The third-order valence-corrected chi connectivity index (χ3v) is 3.99. The van der Waals surface area contributed by atoms with E-state index in [9.17, 15) is 23.2 Å². The van der Waals surface area contributed by atoms with Gasteiger partial charge in [0.2, 0.25) is 5.91 Å². The summed E-state index contributed by atoms with van der Waals surface area (Å²) in [6, 6.07) is 11.0. The van der Waals surface area contributed by atoms with Gasteiger partial charge in [-0.1, -0.05) is 44.2 Å². The van der Waals surface area contributed by atoms with Gasteiger partial charge in [-0.25, -0.2) is 13.6 Å². The second-order valence-corrected chi connectivity index (χ2v) is 6.74. The number of carbonyl (C=O) groups is 3. The fourth-order valence-electron chi connectivity index (χ4n) is 2.50. The number of halogens is 2. The van der Waals surface area contributed by atoms with Crippen LogP contribution in [0.15, 0.2) is 48.5 Å². The Morgan fingerprint density at radius 3 is 2.28 bits per heavy atom. The van der Waals surface area contributed by atoms with Gasteiger partial charge >= 0.3 is 5.97 Å². The Bertz CT molecular complexity index is 872. The number of amides is 2. The zero-order valence-corrected chi connectivity index (χ0v) is 16.1. The van der Waals surface area contributed by atoms with Gasteiger partial charge in [-0.3, -0.25) is 9.59 Å². The normalized spacial score (nSPS) is 11.6. The van der Waals surface area contributed by atoms with Crippen molar-refractivity contribution in [3.63, 3.8) is 0 Å². The van der Waals surface area contributed by atoms with E-state index in [2.05, 4.69) is 10.6 Å².